The smallest absolute Gasteiger partial charge is 0.216 e. The maximum absolute atomic E-state index is 12.4. The van der Waals surface area contributed by atoms with Gasteiger partial charge in [-0.05, 0) is 47.8 Å². The van der Waals surface area contributed by atoms with Gasteiger partial charge in [-0.3, -0.25) is 4.99 Å². The Morgan fingerprint density at radius 1 is 1.23 bits per heavy atom. The first-order valence-corrected chi connectivity index (χ1v) is 11.1. The second-order valence-corrected chi connectivity index (χ2v) is 9.10. The number of nitrogens with one attached hydrogen (secondary N) is 1. The van der Waals surface area contributed by atoms with Crippen LogP contribution < -0.4 is 5.32 Å². The van der Waals surface area contributed by atoms with E-state index < -0.39 is 10.0 Å². The van der Waals surface area contributed by atoms with Gasteiger partial charge in [0.1, 0.15) is 0 Å². The van der Waals surface area contributed by atoms with Crippen LogP contribution in [-0.2, 0) is 14.8 Å². The molecule has 9 heteroatoms. The molecule has 0 spiro atoms. The van der Waals surface area contributed by atoms with E-state index in [1.165, 1.54) is 0 Å². The summed E-state index contributed by atoms with van der Waals surface area (Å²) in [7, 11) is 0.858. The lowest BCUT2D eigenvalue weighted by Crippen LogP contribution is -2.54. The van der Waals surface area contributed by atoms with Crippen LogP contribution in [0, 0.1) is 0 Å². The molecule has 154 valence electrons. The van der Waals surface area contributed by atoms with Crippen LogP contribution in [0.3, 0.4) is 0 Å². The van der Waals surface area contributed by atoms with Gasteiger partial charge in [0.2, 0.25) is 10.0 Å². The van der Waals surface area contributed by atoms with Gasteiger partial charge in [0.25, 0.3) is 0 Å². The zero-order valence-electron chi connectivity index (χ0n) is 17.1. The topological polar surface area (TPSA) is 77.5 Å². The zero-order valence-corrected chi connectivity index (χ0v) is 17.9. The molecule has 0 aliphatic carbocycles. The fraction of sp³-hybridized carbons (Fsp3) is 0.941. The summed E-state index contributed by atoms with van der Waals surface area (Å²) in [5.41, 5.74) is 0. The number of nitrogens with zero attached hydrogens (tertiary/aromatic N) is 4. The molecule has 0 amide bonds. The second-order valence-electron chi connectivity index (χ2n) is 7.01. The van der Waals surface area contributed by atoms with Gasteiger partial charge in [-0.25, -0.2) is 8.42 Å². The van der Waals surface area contributed by atoms with Crippen molar-refractivity contribution in [2.24, 2.45) is 4.99 Å². The Balaban J connectivity index is 2.51. The summed E-state index contributed by atoms with van der Waals surface area (Å²) < 4.78 is 31.8. The number of guanidine groups is 1. The van der Waals surface area contributed by atoms with Gasteiger partial charge in [0, 0.05) is 39.3 Å². The minimum absolute atomic E-state index is 0.0455. The largest absolute Gasteiger partial charge is 0.378 e. The fourth-order valence-corrected chi connectivity index (χ4v) is 3.98. The van der Waals surface area contributed by atoms with Crippen molar-refractivity contribution in [2.75, 3.05) is 72.3 Å². The van der Waals surface area contributed by atoms with E-state index in [2.05, 4.69) is 34.2 Å². The molecule has 26 heavy (non-hydrogen) atoms. The molecule has 0 saturated carbocycles. The maximum atomic E-state index is 12.4. The van der Waals surface area contributed by atoms with Crippen LogP contribution in [0.25, 0.3) is 0 Å². The number of hydrogen-bond donors (Lipinski definition) is 1. The van der Waals surface area contributed by atoms with Crippen molar-refractivity contribution in [3.05, 3.63) is 0 Å². The molecule has 0 unspecified atom stereocenters. The summed E-state index contributed by atoms with van der Waals surface area (Å²) in [6.45, 7) is 11.0. The standard InChI is InChI=1S/C17H37N5O3S/c1-6-18-17(19-8-7-9-20(4)5)21-10-12-22(13-11-21)26(23,24)15-14-25-16(2)3/h16H,6-15H2,1-5H3,(H,18,19). The lowest BCUT2D eigenvalue weighted by molar-refractivity contribution is 0.0904. The molecule has 8 nitrogen and oxygen atoms in total. The first-order chi connectivity index (χ1) is 12.3. The number of ether oxygens (including phenoxy) is 1. The molecule has 1 aliphatic heterocycles. The van der Waals surface area contributed by atoms with E-state index >= 15 is 0 Å². The lowest BCUT2D eigenvalue weighted by atomic mass is 10.4. The van der Waals surface area contributed by atoms with Gasteiger partial charge < -0.3 is 19.9 Å². The van der Waals surface area contributed by atoms with Crippen molar-refractivity contribution in [2.45, 2.75) is 33.3 Å². The molecule has 0 aromatic heterocycles. The van der Waals surface area contributed by atoms with E-state index in [1.807, 2.05) is 20.8 Å². The maximum Gasteiger partial charge on any atom is 0.216 e. The summed E-state index contributed by atoms with van der Waals surface area (Å²) >= 11 is 0. The molecule has 1 saturated heterocycles. The number of aliphatic imine (C=N–C) groups is 1. The molecule has 0 bridgehead atoms. The summed E-state index contributed by atoms with van der Waals surface area (Å²) in [5, 5.41) is 3.32. The van der Waals surface area contributed by atoms with E-state index in [0.29, 0.717) is 26.2 Å². The van der Waals surface area contributed by atoms with Crippen LogP contribution in [0.15, 0.2) is 4.99 Å². The molecular weight excluding hydrogens is 354 g/mol. The van der Waals surface area contributed by atoms with Crippen LogP contribution in [-0.4, -0.2) is 107 Å². The van der Waals surface area contributed by atoms with Crippen molar-refractivity contribution >= 4 is 16.0 Å². The van der Waals surface area contributed by atoms with Crippen molar-refractivity contribution in [1.29, 1.82) is 0 Å². The van der Waals surface area contributed by atoms with E-state index in [0.717, 1.165) is 32.0 Å². The summed E-state index contributed by atoms with van der Waals surface area (Å²) in [4.78, 5) is 8.98. The average Bonchev–Trinajstić information content (AvgIpc) is 2.57. The molecule has 1 aliphatic rings. The highest BCUT2D eigenvalue weighted by Gasteiger charge is 2.27. The van der Waals surface area contributed by atoms with E-state index in [1.54, 1.807) is 4.31 Å². The highest BCUT2D eigenvalue weighted by Crippen LogP contribution is 2.09. The molecule has 0 aromatic rings. The van der Waals surface area contributed by atoms with Crippen LogP contribution in [0.2, 0.25) is 0 Å². The Bertz CT molecular complexity index is 514. The fourth-order valence-electron chi connectivity index (χ4n) is 2.69. The van der Waals surface area contributed by atoms with E-state index in [-0.39, 0.29) is 18.5 Å². The lowest BCUT2D eigenvalue weighted by Gasteiger charge is -2.36. The van der Waals surface area contributed by atoms with Crippen molar-refractivity contribution in [3.63, 3.8) is 0 Å². The number of rotatable bonds is 10. The van der Waals surface area contributed by atoms with Gasteiger partial charge >= 0.3 is 0 Å². The van der Waals surface area contributed by atoms with Crippen molar-refractivity contribution in [3.8, 4) is 0 Å². The number of piperazine rings is 1. The number of sulfonamides is 1. The Morgan fingerprint density at radius 2 is 1.88 bits per heavy atom. The molecule has 0 atom stereocenters. The number of hydrogen-bond acceptors (Lipinski definition) is 5. The first-order valence-electron chi connectivity index (χ1n) is 9.53. The Morgan fingerprint density at radius 3 is 2.42 bits per heavy atom. The summed E-state index contributed by atoms with van der Waals surface area (Å²) in [5.74, 6) is 0.926. The summed E-state index contributed by atoms with van der Waals surface area (Å²) in [6.07, 6.45) is 1.06. The Labute approximate surface area is 159 Å². The van der Waals surface area contributed by atoms with E-state index in [9.17, 15) is 8.42 Å². The zero-order chi connectivity index (χ0) is 19.6. The van der Waals surface area contributed by atoms with Gasteiger partial charge in [0.15, 0.2) is 5.96 Å². The third kappa shape index (κ3) is 8.66. The predicted octanol–water partition coefficient (Wildman–Crippen LogP) is 0.276. The first kappa shape index (κ1) is 23.1. The molecule has 1 N–H and O–H groups in total. The van der Waals surface area contributed by atoms with E-state index in [4.69, 9.17) is 4.74 Å². The van der Waals surface area contributed by atoms with Gasteiger partial charge in [-0.1, -0.05) is 0 Å². The molecule has 1 heterocycles. The van der Waals surface area contributed by atoms with Crippen LogP contribution in [0.5, 0.6) is 0 Å². The minimum Gasteiger partial charge on any atom is -0.378 e. The monoisotopic (exact) mass is 391 g/mol. The molecule has 0 aromatic carbocycles. The van der Waals surface area contributed by atoms with Gasteiger partial charge in [-0.15, -0.1) is 0 Å². The van der Waals surface area contributed by atoms with Crippen molar-refractivity contribution < 1.29 is 13.2 Å². The van der Waals surface area contributed by atoms with Gasteiger partial charge in [-0.2, -0.15) is 4.31 Å². The average molecular weight is 392 g/mol. The minimum atomic E-state index is -3.25. The third-order valence-electron chi connectivity index (χ3n) is 4.08. The van der Waals surface area contributed by atoms with Crippen LogP contribution in [0.4, 0.5) is 0 Å². The molecular formula is C17H37N5O3S. The third-order valence-corrected chi connectivity index (χ3v) is 5.92. The SMILES string of the molecule is CCNC(=NCCCN(C)C)N1CCN(S(=O)(=O)CCOC(C)C)CC1. The van der Waals surface area contributed by atoms with Gasteiger partial charge in [0.05, 0.1) is 18.5 Å². The van der Waals surface area contributed by atoms with Crippen molar-refractivity contribution in [1.82, 2.24) is 19.4 Å². The highest BCUT2D eigenvalue weighted by molar-refractivity contribution is 7.89. The Kier molecular flexibility index (Phi) is 10.4. The molecule has 1 rings (SSSR count). The normalized spacial score (nSPS) is 17.3. The Hall–Kier alpha value is -0.900. The molecule has 0 radical (unpaired) electrons. The summed E-state index contributed by atoms with van der Waals surface area (Å²) in [6, 6.07) is 0. The predicted molar refractivity (Wildman–Crippen MR) is 107 cm³/mol. The van der Waals surface area contributed by atoms with Crippen LogP contribution in [0.1, 0.15) is 27.2 Å². The molecule has 1 fully saturated rings. The highest BCUT2D eigenvalue weighted by atomic mass is 32.2. The quantitative estimate of drug-likeness (QED) is 0.327. The second kappa shape index (κ2) is 11.7. The van der Waals surface area contributed by atoms with Crippen LogP contribution >= 0.6 is 0 Å².